The molecule has 3 aliphatic rings. The molecule has 3 aliphatic heterocycles. The number of imidazole rings is 1. The van der Waals surface area contributed by atoms with Crippen molar-refractivity contribution in [2.75, 3.05) is 114 Å². The molecule has 1 amide bonds. The lowest BCUT2D eigenvalue weighted by atomic mass is 10.1. The summed E-state index contributed by atoms with van der Waals surface area (Å²) in [6.45, 7) is 7.37. The van der Waals surface area contributed by atoms with Gasteiger partial charge in [-0.15, -0.1) is 0 Å². The molecule has 3 aromatic heterocycles. The quantitative estimate of drug-likeness (QED) is 0.302. The first-order valence-electron chi connectivity index (χ1n) is 15.3. The Kier molecular flexibility index (Phi) is 9.23. The van der Waals surface area contributed by atoms with Crippen LogP contribution in [0, 0.1) is 0 Å². The van der Waals surface area contributed by atoms with Gasteiger partial charge in [-0.25, -0.2) is 15.0 Å². The fourth-order valence-corrected chi connectivity index (χ4v) is 5.99. The van der Waals surface area contributed by atoms with Crippen molar-refractivity contribution in [3.8, 4) is 0 Å². The van der Waals surface area contributed by atoms with Crippen LogP contribution in [0.4, 0.5) is 23.5 Å². The van der Waals surface area contributed by atoms with Gasteiger partial charge in [0.25, 0.3) is 0 Å². The number of hydrogen-bond acceptors (Lipinski definition) is 13. The second-order valence-corrected chi connectivity index (χ2v) is 11.5. The number of ether oxygens (including phenoxy) is 3. The number of rotatable bonds is 11. The number of methoxy groups -OCH3 is 3. The molecule has 44 heavy (non-hydrogen) atoms. The fourth-order valence-electron chi connectivity index (χ4n) is 5.99. The average molecular weight is 610 g/mol. The molecule has 2 fully saturated rings. The van der Waals surface area contributed by atoms with E-state index in [-0.39, 0.29) is 18.6 Å². The number of piperazine rings is 1. The molecule has 0 aromatic carbocycles. The molecule has 0 unspecified atom stereocenters. The van der Waals surface area contributed by atoms with Crippen LogP contribution < -0.4 is 19.6 Å². The molecule has 0 radical (unpaired) electrons. The van der Waals surface area contributed by atoms with E-state index in [2.05, 4.69) is 24.3 Å². The first kappa shape index (κ1) is 30.2. The molecule has 6 rings (SSSR count). The Labute approximate surface area is 257 Å². The summed E-state index contributed by atoms with van der Waals surface area (Å²) < 4.78 is 18.7. The molecular formula is C29H43N11O4. The lowest BCUT2D eigenvalue weighted by molar-refractivity contribution is -0.129. The SMILES string of the molecule is COCCN(CCOC)c1nc(N2CCC(OC)CC2)c2nc(N3CCn4ccnc4C3)nc(N3CCN(C)C(=O)C3)c2n1. The zero-order chi connectivity index (χ0) is 30.6. The Morgan fingerprint density at radius 2 is 1.52 bits per heavy atom. The fraction of sp³-hybridized carbons (Fsp3) is 0.655. The van der Waals surface area contributed by atoms with E-state index in [1.807, 2.05) is 24.3 Å². The van der Waals surface area contributed by atoms with Crippen molar-refractivity contribution in [1.82, 2.24) is 34.4 Å². The van der Waals surface area contributed by atoms with Gasteiger partial charge in [-0.3, -0.25) is 4.79 Å². The number of carbonyl (C=O) groups is 1. The van der Waals surface area contributed by atoms with Crippen LogP contribution in [0.25, 0.3) is 11.0 Å². The molecule has 0 saturated carbocycles. The number of nitrogens with zero attached hydrogens (tertiary/aromatic N) is 11. The third-order valence-corrected chi connectivity index (χ3v) is 8.76. The summed E-state index contributed by atoms with van der Waals surface area (Å²) in [7, 11) is 6.98. The maximum absolute atomic E-state index is 12.9. The van der Waals surface area contributed by atoms with Crippen LogP contribution in [0.3, 0.4) is 0 Å². The largest absolute Gasteiger partial charge is 0.383 e. The van der Waals surface area contributed by atoms with Gasteiger partial charge < -0.3 is 43.3 Å². The number of carbonyl (C=O) groups excluding carboxylic acids is 1. The van der Waals surface area contributed by atoms with E-state index in [1.54, 1.807) is 26.2 Å². The van der Waals surface area contributed by atoms with Crippen LogP contribution in [-0.2, 0) is 32.1 Å². The summed E-state index contributed by atoms with van der Waals surface area (Å²) >= 11 is 0. The van der Waals surface area contributed by atoms with Gasteiger partial charge >= 0.3 is 0 Å². The minimum Gasteiger partial charge on any atom is -0.383 e. The van der Waals surface area contributed by atoms with Crippen LogP contribution in [0.2, 0.25) is 0 Å². The molecular weight excluding hydrogens is 566 g/mol. The van der Waals surface area contributed by atoms with Crippen molar-refractivity contribution in [2.24, 2.45) is 0 Å². The second-order valence-electron chi connectivity index (χ2n) is 11.5. The standard InChI is InChI=1S/C29H43N11O4/c1-35-11-12-39(20-23(35)41)27-25-24(32-29(34-27)40-14-13-36-10-7-30-22(36)19-40)26(37-8-5-21(44-4)6-9-37)33-28(31-25)38(15-17-42-2)16-18-43-3/h7,10,21H,5-6,8-9,11-20H2,1-4H3. The van der Waals surface area contributed by atoms with E-state index in [4.69, 9.17) is 34.1 Å². The van der Waals surface area contributed by atoms with Crippen LogP contribution in [0.5, 0.6) is 0 Å². The zero-order valence-corrected chi connectivity index (χ0v) is 26.2. The molecule has 15 heteroatoms. The van der Waals surface area contributed by atoms with Gasteiger partial charge in [0.15, 0.2) is 11.6 Å². The van der Waals surface area contributed by atoms with Crippen molar-refractivity contribution in [3.63, 3.8) is 0 Å². The number of fused-ring (bicyclic) bond motifs is 2. The van der Waals surface area contributed by atoms with Crippen LogP contribution >= 0.6 is 0 Å². The summed E-state index contributed by atoms with van der Waals surface area (Å²) in [5, 5.41) is 0. The monoisotopic (exact) mass is 609 g/mol. The van der Waals surface area contributed by atoms with Gasteiger partial charge in [-0.1, -0.05) is 0 Å². The van der Waals surface area contributed by atoms with Crippen LogP contribution in [0.15, 0.2) is 12.4 Å². The highest BCUT2D eigenvalue weighted by atomic mass is 16.5. The van der Waals surface area contributed by atoms with Crippen LogP contribution in [-0.4, -0.2) is 140 Å². The highest BCUT2D eigenvalue weighted by Gasteiger charge is 2.31. The Hall–Kier alpha value is -3.82. The highest BCUT2D eigenvalue weighted by Crippen LogP contribution is 2.35. The molecule has 3 aromatic rings. The smallest absolute Gasteiger partial charge is 0.241 e. The Bertz CT molecular complexity index is 1440. The Balaban J connectivity index is 1.51. The van der Waals surface area contributed by atoms with Gasteiger partial charge in [-0.2, -0.15) is 9.97 Å². The first-order chi connectivity index (χ1) is 21.5. The predicted octanol–water partition coefficient (Wildman–Crippen LogP) is 0.629. The summed E-state index contributed by atoms with van der Waals surface area (Å²) in [6, 6.07) is 0. The molecule has 0 atom stereocenters. The normalized spacial score (nSPS) is 18.0. The van der Waals surface area contributed by atoms with E-state index >= 15 is 0 Å². The van der Waals surface area contributed by atoms with E-state index in [0.29, 0.717) is 74.7 Å². The maximum atomic E-state index is 12.9. The third-order valence-electron chi connectivity index (χ3n) is 8.76. The first-order valence-corrected chi connectivity index (χ1v) is 15.3. The second kappa shape index (κ2) is 13.4. The van der Waals surface area contributed by atoms with Gasteiger partial charge in [0.05, 0.1) is 32.4 Å². The minimum atomic E-state index is 0.0440. The van der Waals surface area contributed by atoms with Gasteiger partial charge in [0.2, 0.25) is 17.8 Å². The van der Waals surface area contributed by atoms with Crippen molar-refractivity contribution < 1.29 is 19.0 Å². The number of aromatic nitrogens is 6. The van der Waals surface area contributed by atoms with Gasteiger partial charge in [-0.05, 0) is 12.8 Å². The number of piperidine rings is 1. The number of hydrogen-bond donors (Lipinski definition) is 0. The number of anilines is 4. The topological polar surface area (TPSA) is 130 Å². The number of likely N-dealkylation sites (N-methyl/N-ethyl adjacent to an activating group) is 1. The van der Waals surface area contributed by atoms with Crippen molar-refractivity contribution in [1.29, 1.82) is 0 Å². The van der Waals surface area contributed by atoms with E-state index in [1.165, 1.54) is 0 Å². The van der Waals surface area contributed by atoms with Crippen molar-refractivity contribution >= 4 is 40.5 Å². The Morgan fingerprint density at radius 1 is 0.818 bits per heavy atom. The van der Waals surface area contributed by atoms with Crippen LogP contribution in [0.1, 0.15) is 18.7 Å². The van der Waals surface area contributed by atoms with Gasteiger partial charge in [0.1, 0.15) is 16.9 Å². The van der Waals surface area contributed by atoms with Crippen molar-refractivity contribution in [3.05, 3.63) is 18.2 Å². The molecule has 2 saturated heterocycles. The highest BCUT2D eigenvalue weighted by molar-refractivity contribution is 5.96. The summed E-state index contributed by atoms with van der Waals surface area (Å²) in [5.74, 6) is 3.58. The molecule has 0 bridgehead atoms. The maximum Gasteiger partial charge on any atom is 0.241 e. The lowest BCUT2D eigenvalue weighted by Gasteiger charge is -2.36. The molecule has 0 N–H and O–H groups in total. The minimum absolute atomic E-state index is 0.0440. The predicted molar refractivity (Wildman–Crippen MR) is 166 cm³/mol. The van der Waals surface area contributed by atoms with E-state index in [0.717, 1.165) is 50.7 Å². The number of amides is 1. The summed E-state index contributed by atoms with van der Waals surface area (Å²) in [4.78, 5) is 48.4. The molecule has 0 spiro atoms. The van der Waals surface area contributed by atoms with E-state index < -0.39 is 0 Å². The molecule has 15 nitrogen and oxygen atoms in total. The Morgan fingerprint density at radius 3 is 2.23 bits per heavy atom. The molecule has 6 heterocycles. The third kappa shape index (κ3) is 6.21. The van der Waals surface area contributed by atoms with E-state index in [9.17, 15) is 4.79 Å². The summed E-state index contributed by atoms with van der Waals surface area (Å²) in [6.07, 6.45) is 5.83. The molecule has 0 aliphatic carbocycles. The molecule has 238 valence electrons. The lowest BCUT2D eigenvalue weighted by Crippen LogP contribution is -2.49. The zero-order valence-electron chi connectivity index (χ0n) is 26.2. The van der Waals surface area contributed by atoms with Crippen molar-refractivity contribution in [2.45, 2.75) is 32.0 Å². The average Bonchev–Trinajstić information content (AvgIpc) is 3.53. The van der Waals surface area contributed by atoms with Gasteiger partial charge in [0, 0.05) is 93.1 Å². The summed E-state index contributed by atoms with van der Waals surface area (Å²) in [5.41, 5.74) is 1.32.